The lowest BCUT2D eigenvalue weighted by Crippen LogP contribution is -2.02. The molecule has 1 unspecified atom stereocenters. The van der Waals surface area contributed by atoms with Gasteiger partial charge in [-0.15, -0.1) is 0 Å². The zero-order valence-corrected chi connectivity index (χ0v) is 10.4. The van der Waals surface area contributed by atoms with Crippen LogP contribution in [0, 0.1) is 0 Å². The van der Waals surface area contributed by atoms with E-state index in [1.807, 2.05) is 30.3 Å². The summed E-state index contributed by atoms with van der Waals surface area (Å²) in [7, 11) is 1.52. The molecule has 19 heavy (non-hydrogen) atoms. The molecule has 0 amide bonds. The van der Waals surface area contributed by atoms with Gasteiger partial charge in [0, 0.05) is 11.6 Å². The van der Waals surface area contributed by atoms with Crippen molar-refractivity contribution in [2.45, 2.75) is 6.10 Å². The molecule has 0 aliphatic heterocycles. The van der Waals surface area contributed by atoms with Crippen molar-refractivity contribution in [1.29, 1.82) is 0 Å². The summed E-state index contributed by atoms with van der Waals surface area (Å²) in [6, 6.07) is 13.0. The molecule has 0 bridgehead atoms. The molecular formula is C15H13NO3. The number of hydrogen-bond acceptors (Lipinski definition) is 4. The van der Waals surface area contributed by atoms with Gasteiger partial charge in [-0.3, -0.25) is 0 Å². The largest absolute Gasteiger partial charge is 0.481 e. The lowest BCUT2D eigenvalue weighted by molar-refractivity contribution is 0.186. The van der Waals surface area contributed by atoms with E-state index in [1.165, 1.54) is 7.11 Å². The van der Waals surface area contributed by atoms with Crippen LogP contribution in [0.5, 0.6) is 5.88 Å². The first-order valence-corrected chi connectivity index (χ1v) is 5.95. The lowest BCUT2D eigenvalue weighted by Gasteiger charge is -2.11. The van der Waals surface area contributed by atoms with E-state index in [0.717, 1.165) is 11.0 Å². The number of para-hydroxylation sites is 1. The van der Waals surface area contributed by atoms with Gasteiger partial charge in [0.15, 0.2) is 0 Å². The molecule has 4 nitrogen and oxygen atoms in total. The number of aliphatic hydroxyl groups is 1. The van der Waals surface area contributed by atoms with Crippen molar-refractivity contribution in [2.75, 3.05) is 7.11 Å². The molecule has 4 heteroatoms. The van der Waals surface area contributed by atoms with Crippen molar-refractivity contribution in [3.05, 3.63) is 60.0 Å². The van der Waals surface area contributed by atoms with Crippen molar-refractivity contribution >= 4 is 11.0 Å². The molecule has 0 fully saturated rings. The first-order valence-electron chi connectivity index (χ1n) is 5.95. The molecule has 96 valence electrons. The molecule has 2 heterocycles. The van der Waals surface area contributed by atoms with Gasteiger partial charge in [-0.1, -0.05) is 18.2 Å². The second kappa shape index (κ2) is 4.74. The van der Waals surface area contributed by atoms with E-state index >= 15 is 0 Å². The average Bonchev–Trinajstić information content (AvgIpc) is 2.90. The number of aliphatic hydroxyl groups excluding tert-OH is 1. The highest BCUT2D eigenvalue weighted by Crippen LogP contribution is 2.31. The molecule has 1 N–H and O–H groups in total. The van der Waals surface area contributed by atoms with E-state index in [4.69, 9.17) is 9.15 Å². The van der Waals surface area contributed by atoms with E-state index in [1.54, 1.807) is 18.3 Å². The van der Waals surface area contributed by atoms with Crippen LogP contribution in [0.1, 0.15) is 17.4 Å². The summed E-state index contributed by atoms with van der Waals surface area (Å²) in [5, 5.41) is 11.3. The van der Waals surface area contributed by atoms with E-state index < -0.39 is 6.10 Å². The Bertz CT molecular complexity index is 672. The quantitative estimate of drug-likeness (QED) is 0.781. The Morgan fingerprint density at radius 3 is 2.84 bits per heavy atom. The molecule has 0 radical (unpaired) electrons. The van der Waals surface area contributed by atoms with Crippen LogP contribution in [0.15, 0.2) is 53.1 Å². The summed E-state index contributed by atoms with van der Waals surface area (Å²) in [5.41, 5.74) is 1.34. The fraction of sp³-hybridized carbons (Fsp3) is 0.133. The molecule has 1 aromatic carbocycles. The molecule has 0 aliphatic rings. The summed E-state index contributed by atoms with van der Waals surface area (Å²) in [5.74, 6) is 0.878. The Morgan fingerprint density at radius 1 is 1.21 bits per heavy atom. The SMILES string of the molecule is COc1ncccc1C(O)c1cc2ccccc2o1. The van der Waals surface area contributed by atoms with E-state index in [2.05, 4.69) is 4.98 Å². The van der Waals surface area contributed by atoms with Gasteiger partial charge in [-0.2, -0.15) is 0 Å². The van der Waals surface area contributed by atoms with Gasteiger partial charge in [0.1, 0.15) is 17.4 Å². The smallest absolute Gasteiger partial charge is 0.219 e. The highest BCUT2D eigenvalue weighted by molar-refractivity contribution is 5.77. The molecule has 2 aromatic heterocycles. The van der Waals surface area contributed by atoms with Gasteiger partial charge in [-0.05, 0) is 24.3 Å². The predicted octanol–water partition coefficient (Wildman–Crippen LogP) is 2.92. The van der Waals surface area contributed by atoms with Gasteiger partial charge in [0.2, 0.25) is 5.88 Å². The van der Waals surface area contributed by atoms with Crippen LogP contribution >= 0.6 is 0 Å². The van der Waals surface area contributed by atoms with Crippen LogP contribution in [0.2, 0.25) is 0 Å². The average molecular weight is 255 g/mol. The van der Waals surface area contributed by atoms with Crippen molar-refractivity contribution in [1.82, 2.24) is 4.98 Å². The first-order chi connectivity index (χ1) is 9.29. The van der Waals surface area contributed by atoms with Crippen LogP contribution in [0.4, 0.5) is 0 Å². The van der Waals surface area contributed by atoms with Gasteiger partial charge < -0.3 is 14.3 Å². The maximum atomic E-state index is 10.4. The summed E-state index contributed by atoms with van der Waals surface area (Å²) < 4.78 is 10.8. The predicted molar refractivity (Wildman–Crippen MR) is 71.1 cm³/mol. The molecule has 0 saturated heterocycles. The van der Waals surface area contributed by atoms with Gasteiger partial charge in [-0.25, -0.2) is 4.98 Å². The minimum absolute atomic E-state index is 0.399. The van der Waals surface area contributed by atoms with Crippen molar-refractivity contribution in [3.63, 3.8) is 0 Å². The van der Waals surface area contributed by atoms with Gasteiger partial charge in [0.25, 0.3) is 0 Å². The third-order valence-corrected chi connectivity index (χ3v) is 3.00. The first kappa shape index (κ1) is 11.7. The number of rotatable bonds is 3. The summed E-state index contributed by atoms with van der Waals surface area (Å²) in [6.45, 7) is 0. The molecular weight excluding hydrogens is 242 g/mol. The Hall–Kier alpha value is -2.33. The monoisotopic (exact) mass is 255 g/mol. The Morgan fingerprint density at radius 2 is 2.05 bits per heavy atom. The summed E-state index contributed by atoms with van der Waals surface area (Å²) >= 11 is 0. The topological polar surface area (TPSA) is 55.5 Å². The van der Waals surface area contributed by atoms with Crippen LogP contribution in [-0.2, 0) is 0 Å². The number of nitrogens with zero attached hydrogens (tertiary/aromatic N) is 1. The minimum atomic E-state index is -0.893. The second-order valence-electron chi connectivity index (χ2n) is 4.19. The van der Waals surface area contributed by atoms with Crippen molar-refractivity contribution in [3.8, 4) is 5.88 Å². The highest BCUT2D eigenvalue weighted by Gasteiger charge is 2.19. The maximum Gasteiger partial charge on any atom is 0.219 e. The number of hydrogen-bond donors (Lipinski definition) is 1. The van der Waals surface area contributed by atoms with Gasteiger partial charge >= 0.3 is 0 Å². The standard InChI is InChI=1S/C15H13NO3/c1-18-15-11(6-4-8-16-15)14(17)13-9-10-5-2-3-7-12(10)19-13/h2-9,14,17H,1H3. The van der Waals surface area contributed by atoms with Crippen LogP contribution < -0.4 is 4.74 Å². The Kier molecular flexibility index (Phi) is 2.93. The Labute approximate surface area is 110 Å². The fourth-order valence-electron chi connectivity index (χ4n) is 2.07. The molecule has 1 atom stereocenters. The third-order valence-electron chi connectivity index (χ3n) is 3.00. The molecule has 0 spiro atoms. The Balaban J connectivity index is 2.05. The second-order valence-corrected chi connectivity index (χ2v) is 4.19. The lowest BCUT2D eigenvalue weighted by atomic mass is 10.1. The van der Waals surface area contributed by atoms with Crippen molar-refractivity contribution < 1.29 is 14.3 Å². The summed E-state index contributed by atoms with van der Waals surface area (Å²) in [6.07, 6.45) is 0.726. The van der Waals surface area contributed by atoms with Crippen LogP contribution in [0.25, 0.3) is 11.0 Å². The van der Waals surface area contributed by atoms with E-state index in [-0.39, 0.29) is 0 Å². The number of aromatic nitrogens is 1. The molecule has 3 rings (SSSR count). The number of fused-ring (bicyclic) bond motifs is 1. The number of pyridine rings is 1. The highest BCUT2D eigenvalue weighted by atomic mass is 16.5. The zero-order chi connectivity index (χ0) is 13.2. The van der Waals surface area contributed by atoms with E-state index in [0.29, 0.717) is 17.2 Å². The van der Waals surface area contributed by atoms with E-state index in [9.17, 15) is 5.11 Å². The summed E-state index contributed by atoms with van der Waals surface area (Å²) in [4.78, 5) is 4.07. The number of methoxy groups -OCH3 is 1. The maximum absolute atomic E-state index is 10.4. The van der Waals surface area contributed by atoms with Gasteiger partial charge in [0.05, 0.1) is 12.7 Å². The fourth-order valence-corrected chi connectivity index (χ4v) is 2.07. The van der Waals surface area contributed by atoms with Crippen molar-refractivity contribution in [2.24, 2.45) is 0 Å². The third kappa shape index (κ3) is 2.06. The minimum Gasteiger partial charge on any atom is -0.481 e. The van der Waals surface area contributed by atoms with Crippen LogP contribution in [0.3, 0.4) is 0 Å². The molecule has 3 aromatic rings. The normalized spacial score (nSPS) is 12.5. The van der Waals surface area contributed by atoms with Crippen LogP contribution in [-0.4, -0.2) is 17.2 Å². The zero-order valence-electron chi connectivity index (χ0n) is 10.4. The number of furan rings is 1. The molecule has 0 saturated carbocycles. The number of benzene rings is 1. The molecule has 0 aliphatic carbocycles. The number of ether oxygens (including phenoxy) is 1.